The van der Waals surface area contributed by atoms with Gasteiger partial charge in [0.1, 0.15) is 11.3 Å². The maximum Gasteiger partial charge on any atom is 0.296 e. The number of carbonyl (C=O) groups excluding carboxylic acids is 1. The van der Waals surface area contributed by atoms with Crippen LogP contribution < -0.4 is 5.32 Å². The summed E-state index contributed by atoms with van der Waals surface area (Å²) >= 11 is 1.33. The van der Waals surface area contributed by atoms with Crippen LogP contribution in [0.1, 0.15) is 32.8 Å². The lowest BCUT2D eigenvalue weighted by Gasteiger charge is -2.19. The van der Waals surface area contributed by atoms with Crippen LogP contribution in [-0.4, -0.2) is 18.9 Å². The van der Waals surface area contributed by atoms with Crippen LogP contribution in [-0.2, 0) is 20.3 Å². The molecule has 2 aromatic carbocycles. The second kappa shape index (κ2) is 8.13. The van der Waals surface area contributed by atoms with E-state index in [2.05, 4.69) is 26.1 Å². The first-order chi connectivity index (χ1) is 12.5. The maximum absolute atomic E-state index is 11.7. The summed E-state index contributed by atoms with van der Waals surface area (Å²) in [6.45, 7) is 6.35. The Kier molecular flexibility index (Phi) is 6.31. The molecule has 1 amide bonds. The molecule has 8 heteroatoms. The molecule has 0 heterocycles. The number of hydrogen-bond donors (Lipinski definition) is 2. The van der Waals surface area contributed by atoms with Gasteiger partial charge in [-0.1, -0.05) is 44.7 Å². The van der Waals surface area contributed by atoms with Crippen molar-refractivity contribution >= 4 is 33.5 Å². The average molecular weight is 405 g/mol. The molecular weight excluding hydrogens is 384 g/mol. The highest BCUT2D eigenvalue weighted by atomic mass is 32.2. The highest BCUT2D eigenvalue weighted by Crippen LogP contribution is 2.33. The number of nitriles is 1. The van der Waals surface area contributed by atoms with E-state index >= 15 is 0 Å². The van der Waals surface area contributed by atoms with Crippen LogP contribution in [0.3, 0.4) is 0 Å². The topological polar surface area (TPSA) is 107 Å². The third kappa shape index (κ3) is 5.82. The molecule has 0 saturated carbocycles. The van der Waals surface area contributed by atoms with E-state index in [-0.39, 0.29) is 11.1 Å². The van der Waals surface area contributed by atoms with E-state index in [0.717, 1.165) is 4.90 Å². The molecule has 2 N–H and O–H groups in total. The third-order valence-corrected chi connectivity index (χ3v) is 5.59. The molecule has 0 aromatic heterocycles. The number of amides is 1. The second-order valence-electron chi connectivity index (χ2n) is 6.89. The molecule has 0 radical (unpaired) electrons. The molecule has 0 spiro atoms. The molecule has 0 saturated heterocycles. The standard InChI is InChI=1S/C19H20N2O4S2/c1-19(2,3)13-4-6-14(7-5-13)26-15-8-9-16(21-18(22)10-11-20)17(12-15)27(23,24)25/h4-9,12H,10H2,1-3H3,(H,21,22)(H,23,24,25). The van der Waals surface area contributed by atoms with E-state index in [4.69, 9.17) is 5.26 Å². The Hall–Kier alpha value is -2.34. The first kappa shape index (κ1) is 21.0. The summed E-state index contributed by atoms with van der Waals surface area (Å²) in [5.74, 6) is -0.652. The smallest absolute Gasteiger partial charge is 0.296 e. The Labute approximate surface area is 163 Å². The molecule has 6 nitrogen and oxygen atoms in total. The van der Waals surface area contributed by atoms with Crippen LogP contribution >= 0.6 is 11.8 Å². The summed E-state index contributed by atoms with van der Waals surface area (Å²) in [4.78, 5) is 12.6. The van der Waals surface area contributed by atoms with E-state index in [1.165, 1.54) is 29.5 Å². The van der Waals surface area contributed by atoms with Crippen molar-refractivity contribution in [2.45, 2.75) is 47.3 Å². The highest BCUT2D eigenvalue weighted by Gasteiger charge is 2.19. The number of nitrogens with one attached hydrogen (secondary N) is 1. The van der Waals surface area contributed by atoms with E-state index in [9.17, 15) is 17.8 Å². The molecular formula is C19H20N2O4S2. The van der Waals surface area contributed by atoms with Gasteiger partial charge in [-0.25, -0.2) is 0 Å². The van der Waals surface area contributed by atoms with Gasteiger partial charge in [0.2, 0.25) is 5.91 Å². The maximum atomic E-state index is 11.7. The zero-order valence-electron chi connectivity index (χ0n) is 15.2. The number of carbonyl (C=O) groups is 1. The van der Waals surface area contributed by atoms with Crippen molar-refractivity contribution < 1.29 is 17.8 Å². The van der Waals surface area contributed by atoms with Gasteiger partial charge in [0.15, 0.2) is 0 Å². The minimum atomic E-state index is -4.55. The van der Waals surface area contributed by atoms with Crippen LogP contribution in [0, 0.1) is 11.3 Å². The molecule has 0 atom stereocenters. The van der Waals surface area contributed by atoms with Gasteiger partial charge in [0.05, 0.1) is 11.8 Å². The Balaban J connectivity index is 2.31. The van der Waals surface area contributed by atoms with Crippen molar-refractivity contribution in [2.24, 2.45) is 0 Å². The summed E-state index contributed by atoms with van der Waals surface area (Å²) in [5.41, 5.74) is 1.15. The second-order valence-corrected chi connectivity index (χ2v) is 9.43. The Morgan fingerprint density at radius 3 is 2.26 bits per heavy atom. The normalized spacial score (nSPS) is 11.7. The lowest BCUT2D eigenvalue weighted by atomic mass is 9.87. The minimum Gasteiger partial charge on any atom is -0.324 e. The van der Waals surface area contributed by atoms with Crippen LogP contribution in [0.25, 0.3) is 0 Å². The van der Waals surface area contributed by atoms with Gasteiger partial charge in [-0.3, -0.25) is 9.35 Å². The number of benzene rings is 2. The molecule has 0 aliphatic heterocycles. The summed E-state index contributed by atoms with van der Waals surface area (Å²) in [6.07, 6.45) is -0.415. The average Bonchev–Trinajstić information content (AvgIpc) is 2.55. The summed E-state index contributed by atoms with van der Waals surface area (Å²) in [5, 5.41) is 10.9. The largest absolute Gasteiger partial charge is 0.324 e. The quantitative estimate of drug-likeness (QED) is 0.722. The van der Waals surface area contributed by atoms with Crippen LogP contribution in [0.2, 0.25) is 0 Å². The lowest BCUT2D eigenvalue weighted by Crippen LogP contribution is -2.13. The van der Waals surface area contributed by atoms with Crippen molar-refractivity contribution in [3.05, 3.63) is 48.0 Å². The fourth-order valence-corrected chi connectivity index (χ4v) is 3.91. The number of rotatable bonds is 5. The number of nitrogens with zero attached hydrogens (tertiary/aromatic N) is 1. The van der Waals surface area contributed by atoms with Crippen LogP contribution in [0.4, 0.5) is 5.69 Å². The van der Waals surface area contributed by atoms with Crippen molar-refractivity contribution in [1.29, 1.82) is 5.26 Å². The summed E-state index contributed by atoms with van der Waals surface area (Å²) in [6, 6.07) is 13.9. The molecule has 0 bridgehead atoms. The van der Waals surface area contributed by atoms with Crippen molar-refractivity contribution in [3.8, 4) is 6.07 Å². The monoisotopic (exact) mass is 404 g/mol. The first-order valence-corrected chi connectivity index (χ1v) is 10.3. The van der Waals surface area contributed by atoms with Gasteiger partial charge >= 0.3 is 0 Å². The molecule has 2 aromatic rings. The minimum absolute atomic E-state index is 0.0324. The zero-order valence-corrected chi connectivity index (χ0v) is 16.8. The SMILES string of the molecule is CC(C)(C)c1ccc(Sc2ccc(NC(=O)CC#N)c(S(=O)(=O)O)c2)cc1. The molecule has 142 valence electrons. The molecule has 2 rings (SSSR count). The van der Waals surface area contributed by atoms with Gasteiger partial charge in [-0.15, -0.1) is 0 Å². The molecule has 27 heavy (non-hydrogen) atoms. The van der Waals surface area contributed by atoms with Gasteiger partial charge < -0.3 is 5.32 Å². The Morgan fingerprint density at radius 2 is 1.74 bits per heavy atom. The third-order valence-electron chi connectivity index (χ3n) is 3.70. The molecule has 0 unspecified atom stereocenters. The zero-order chi connectivity index (χ0) is 20.2. The Bertz CT molecular complexity index is 986. The van der Waals surface area contributed by atoms with E-state index in [1.54, 1.807) is 12.1 Å². The van der Waals surface area contributed by atoms with Crippen LogP contribution in [0.5, 0.6) is 0 Å². The lowest BCUT2D eigenvalue weighted by molar-refractivity contribution is -0.115. The van der Waals surface area contributed by atoms with Crippen LogP contribution in [0.15, 0.2) is 57.2 Å². The fourth-order valence-electron chi connectivity index (χ4n) is 2.31. The first-order valence-electron chi connectivity index (χ1n) is 8.07. The number of anilines is 1. The summed E-state index contributed by atoms with van der Waals surface area (Å²) < 4.78 is 32.8. The molecule has 0 aliphatic rings. The van der Waals surface area contributed by atoms with E-state index in [0.29, 0.717) is 4.90 Å². The Morgan fingerprint density at radius 1 is 1.15 bits per heavy atom. The summed E-state index contributed by atoms with van der Waals surface area (Å²) in [7, 11) is -4.55. The highest BCUT2D eigenvalue weighted by molar-refractivity contribution is 7.99. The predicted octanol–water partition coefficient (Wildman–Crippen LogP) is 4.23. The van der Waals surface area contributed by atoms with Crippen molar-refractivity contribution in [2.75, 3.05) is 5.32 Å². The van der Waals surface area contributed by atoms with Gasteiger partial charge in [-0.2, -0.15) is 13.7 Å². The molecule has 0 aliphatic carbocycles. The van der Waals surface area contributed by atoms with Crippen molar-refractivity contribution in [1.82, 2.24) is 0 Å². The van der Waals surface area contributed by atoms with Gasteiger partial charge in [0, 0.05) is 9.79 Å². The predicted molar refractivity (Wildman–Crippen MR) is 104 cm³/mol. The van der Waals surface area contributed by atoms with Gasteiger partial charge in [0.25, 0.3) is 10.1 Å². The fraction of sp³-hybridized carbons (Fsp3) is 0.263. The van der Waals surface area contributed by atoms with Crippen molar-refractivity contribution in [3.63, 3.8) is 0 Å². The van der Waals surface area contributed by atoms with E-state index < -0.39 is 27.3 Å². The van der Waals surface area contributed by atoms with E-state index in [1.807, 2.05) is 24.3 Å². The molecule has 0 fully saturated rings. The number of hydrogen-bond acceptors (Lipinski definition) is 5. The van der Waals surface area contributed by atoms with Gasteiger partial charge in [-0.05, 0) is 41.3 Å².